The number of nitrogens with zero attached hydrogens (tertiary/aromatic N) is 1. The lowest BCUT2D eigenvalue weighted by molar-refractivity contribution is 0.0736. The van der Waals surface area contributed by atoms with E-state index in [2.05, 4.69) is 10.8 Å². The molecule has 0 spiro atoms. The second-order valence-corrected chi connectivity index (χ2v) is 9.04. The standard InChI is InChI=1S/C19H18N2O4S2/c22-19(21-9-7-18-15(13-21)8-11-26-18)14-3-5-17(6-4-14)27(23,24)20-12-16-2-1-10-25-16/h1-6,8,10-11,20H,7,9,12-13H2. The first-order chi connectivity index (χ1) is 13.0. The number of fused-ring (bicyclic) bond motifs is 1. The summed E-state index contributed by atoms with van der Waals surface area (Å²) in [4.78, 5) is 16.0. The van der Waals surface area contributed by atoms with Crippen molar-refractivity contribution in [1.29, 1.82) is 0 Å². The second-order valence-electron chi connectivity index (χ2n) is 6.27. The van der Waals surface area contributed by atoms with Crippen LogP contribution in [0.4, 0.5) is 0 Å². The molecule has 1 aromatic carbocycles. The van der Waals surface area contributed by atoms with Gasteiger partial charge in [0.25, 0.3) is 5.91 Å². The lowest BCUT2D eigenvalue weighted by Gasteiger charge is -2.27. The molecule has 6 nitrogen and oxygen atoms in total. The summed E-state index contributed by atoms with van der Waals surface area (Å²) in [6, 6.07) is 11.5. The number of rotatable bonds is 5. The van der Waals surface area contributed by atoms with Crippen LogP contribution in [-0.4, -0.2) is 25.8 Å². The molecule has 0 radical (unpaired) electrons. The lowest BCUT2D eigenvalue weighted by Crippen LogP contribution is -2.35. The number of hydrogen-bond acceptors (Lipinski definition) is 5. The summed E-state index contributed by atoms with van der Waals surface area (Å²) in [5, 5.41) is 2.05. The Morgan fingerprint density at radius 3 is 2.74 bits per heavy atom. The topological polar surface area (TPSA) is 79.6 Å². The third-order valence-corrected chi connectivity index (χ3v) is 6.96. The number of carbonyl (C=O) groups is 1. The van der Waals surface area contributed by atoms with Gasteiger partial charge in [-0.2, -0.15) is 0 Å². The quantitative estimate of drug-likeness (QED) is 0.711. The minimum Gasteiger partial charge on any atom is -0.468 e. The predicted molar refractivity (Wildman–Crippen MR) is 102 cm³/mol. The maximum absolute atomic E-state index is 12.7. The molecular formula is C19H18N2O4S2. The van der Waals surface area contributed by atoms with Gasteiger partial charge in [0.05, 0.1) is 17.7 Å². The molecule has 0 bridgehead atoms. The van der Waals surface area contributed by atoms with E-state index < -0.39 is 10.0 Å². The van der Waals surface area contributed by atoms with Gasteiger partial charge in [-0.3, -0.25) is 4.79 Å². The molecule has 0 atom stereocenters. The second kappa shape index (κ2) is 7.30. The van der Waals surface area contributed by atoms with Crippen molar-refractivity contribution in [2.24, 2.45) is 0 Å². The molecule has 2 aromatic heterocycles. The SMILES string of the molecule is O=C(c1ccc(S(=O)(=O)NCc2ccco2)cc1)N1CCc2sccc2C1. The van der Waals surface area contributed by atoms with Gasteiger partial charge < -0.3 is 9.32 Å². The van der Waals surface area contributed by atoms with Crippen molar-refractivity contribution in [3.63, 3.8) is 0 Å². The monoisotopic (exact) mass is 402 g/mol. The minimum absolute atomic E-state index is 0.0762. The summed E-state index contributed by atoms with van der Waals surface area (Å²) in [5.74, 6) is 0.447. The number of nitrogens with one attached hydrogen (secondary N) is 1. The molecule has 1 N–H and O–H groups in total. The Hall–Kier alpha value is -2.42. The van der Waals surface area contributed by atoms with Gasteiger partial charge in [-0.1, -0.05) is 0 Å². The average molecular weight is 402 g/mol. The number of thiophene rings is 1. The van der Waals surface area contributed by atoms with Crippen LogP contribution in [0.1, 0.15) is 26.6 Å². The third kappa shape index (κ3) is 3.83. The molecule has 0 aliphatic carbocycles. The van der Waals surface area contributed by atoms with Crippen molar-refractivity contribution in [2.45, 2.75) is 24.4 Å². The van der Waals surface area contributed by atoms with E-state index in [1.165, 1.54) is 28.8 Å². The van der Waals surface area contributed by atoms with Crippen molar-refractivity contribution in [2.75, 3.05) is 6.54 Å². The molecular weight excluding hydrogens is 384 g/mol. The Bertz CT molecular complexity index is 1040. The molecule has 0 unspecified atom stereocenters. The van der Waals surface area contributed by atoms with Gasteiger partial charge in [-0.05, 0) is 59.8 Å². The Labute approximate surface area is 161 Å². The largest absolute Gasteiger partial charge is 0.468 e. The Morgan fingerprint density at radius 1 is 1.19 bits per heavy atom. The highest BCUT2D eigenvalue weighted by atomic mass is 32.2. The minimum atomic E-state index is -3.67. The van der Waals surface area contributed by atoms with Crippen LogP contribution in [-0.2, 0) is 29.5 Å². The number of carbonyl (C=O) groups excluding carboxylic acids is 1. The maximum atomic E-state index is 12.7. The van der Waals surface area contributed by atoms with Crippen molar-refractivity contribution in [3.8, 4) is 0 Å². The molecule has 8 heteroatoms. The molecule has 0 saturated heterocycles. The van der Waals surface area contributed by atoms with E-state index in [0.717, 1.165) is 6.42 Å². The lowest BCUT2D eigenvalue weighted by atomic mass is 10.1. The van der Waals surface area contributed by atoms with Crippen LogP contribution < -0.4 is 4.72 Å². The smallest absolute Gasteiger partial charge is 0.254 e. The number of furan rings is 1. The van der Waals surface area contributed by atoms with E-state index >= 15 is 0 Å². The summed E-state index contributed by atoms with van der Waals surface area (Å²) in [7, 11) is -3.67. The molecule has 1 aliphatic heterocycles. The summed E-state index contributed by atoms with van der Waals surface area (Å²) >= 11 is 1.72. The number of amides is 1. The van der Waals surface area contributed by atoms with Gasteiger partial charge in [0.1, 0.15) is 5.76 Å². The Kier molecular flexibility index (Phi) is 4.86. The molecule has 4 rings (SSSR count). The fourth-order valence-electron chi connectivity index (χ4n) is 3.04. The summed E-state index contributed by atoms with van der Waals surface area (Å²) in [6.45, 7) is 1.35. The highest BCUT2D eigenvalue weighted by molar-refractivity contribution is 7.89. The summed E-state index contributed by atoms with van der Waals surface area (Å²) in [5.41, 5.74) is 1.68. The normalized spacial score (nSPS) is 14.1. The van der Waals surface area contributed by atoms with Crippen LogP contribution in [0.3, 0.4) is 0 Å². The first-order valence-electron chi connectivity index (χ1n) is 8.49. The van der Waals surface area contributed by atoms with Crippen molar-refractivity contribution in [1.82, 2.24) is 9.62 Å². The van der Waals surface area contributed by atoms with Gasteiger partial charge in [-0.25, -0.2) is 13.1 Å². The molecule has 0 saturated carbocycles. The molecule has 1 aliphatic rings. The van der Waals surface area contributed by atoms with Crippen molar-refractivity contribution >= 4 is 27.3 Å². The summed E-state index contributed by atoms with van der Waals surface area (Å²) < 4.78 is 32.3. The molecule has 0 fully saturated rings. The third-order valence-electron chi connectivity index (χ3n) is 4.52. The van der Waals surface area contributed by atoms with Gasteiger partial charge in [0, 0.05) is 23.5 Å². The number of sulfonamides is 1. The van der Waals surface area contributed by atoms with Crippen molar-refractivity contribution in [3.05, 3.63) is 75.9 Å². The zero-order chi connectivity index (χ0) is 18.9. The predicted octanol–water partition coefficient (Wildman–Crippen LogP) is 3.02. The van der Waals surface area contributed by atoms with E-state index in [1.54, 1.807) is 40.5 Å². The molecule has 3 aromatic rings. The number of benzene rings is 1. The molecule has 140 valence electrons. The van der Waals surface area contributed by atoms with Crippen LogP contribution in [0.25, 0.3) is 0 Å². The first-order valence-corrected chi connectivity index (χ1v) is 10.9. The van der Waals surface area contributed by atoms with Gasteiger partial charge >= 0.3 is 0 Å². The van der Waals surface area contributed by atoms with Crippen LogP contribution >= 0.6 is 11.3 Å². The van der Waals surface area contributed by atoms with Crippen LogP contribution in [0.15, 0.2) is 63.4 Å². The zero-order valence-corrected chi connectivity index (χ0v) is 16.1. The van der Waals surface area contributed by atoms with Gasteiger partial charge in [0.2, 0.25) is 10.0 Å². The van der Waals surface area contributed by atoms with E-state index in [0.29, 0.717) is 24.4 Å². The van der Waals surface area contributed by atoms with Gasteiger partial charge in [0.15, 0.2) is 0 Å². The van der Waals surface area contributed by atoms with Crippen molar-refractivity contribution < 1.29 is 17.6 Å². The van der Waals surface area contributed by atoms with E-state index in [-0.39, 0.29) is 17.3 Å². The Balaban J connectivity index is 1.44. The molecule has 3 heterocycles. The Morgan fingerprint density at radius 2 is 2.00 bits per heavy atom. The maximum Gasteiger partial charge on any atom is 0.254 e. The fraction of sp³-hybridized carbons (Fsp3) is 0.211. The summed E-state index contributed by atoms with van der Waals surface area (Å²) in [6.07, 6.45) is 2.35. The van der Waals surface area contributed by atoms with Gasteiger partial charge in [-0.15, -0.1) is 11.3 Å². The van der Waals surface area contributed by atoms with Crippen LogP contribution in [0, 0.1) is 0 Å². The zero-order valence-electron chi connectivity index (χ0n) is 14.4. The molecule has 27 heavy (non-hydrogen) atoms. The number of hydrogen-bond donors (Lipinski definition) is 1. The van der Waals surface area contributed by atoms with E-state index in [9.17, 15) is 13.2 Å². The molecule has 1 amide bonds. The van der Waals surface area contributed by atoms with Crippen LogP contribution in [0.5, 0.6) is 0 Å². The van der Waals surface area contributed by atoms with E-state index in [4.69, 9.17) is 4.42 Å². The van der Waals surface area contributed by atoms with Crippen LogP contribution in [0.2, 0.25) is 0 Å². The first kappa shape index (κ1) is 18.0. The van der Waals surface area contributed by atoms with E-state index in [1.807, 2.05) is 5.38 Å². The fourth-order valence-corrected chi connectivity index (χ4v) is 4.93. The highest BCUT2D eigenvalue weighted by Gasteiger charge is 2.23. The average Bonchev–Trinajstić information content (AvgIpc) is 3.37. The highest BCUT2D eigenvalue weighted by Crippen LogP contribution is 2.25.